The number of rotatable bonds is 6. The highest BCUT2D eigenvalue weighted by atomic mass is 16.2. The Morgan fingerprint density at radius 1 is 1.33 bits per heavy atom. The Labute approximate surface area is 125 Å². The molecular weight excluding hydrogens is 266 g/mol. The normalized spacial score (nSPS) is 15.6. The van der Waals surface area contributed by atoms with E-state index in [-0.39, 0.29) is 11.8 Å². The summed E-state index contributed by atoms with van der Waals surface area (Å²) in [6.07, 6.45) is 2.00. The molecule has 4 N–H and O–H groups in total. The summed E-state index contributed by atoms with van der Waals surface area (Å²) in [5.74, 6) is 0.230. The Hall–Kier alpha value is -1.88. The van der Waals surface area contributed by atoms with Crippen molar-refractivity contribution in [2.45, 2.75) is 45.2 Å². The van der Waals surface area contributed by atoms with Gasteiger partial charge in [-0.3, -0.25) is 9.59 Å². The summed E-state index contributed by atoms with van der Waals surface area (Å²) in [5, 5.41) is 5.71. The first-order chi connectivity index (χ1) is 9.89. The van der Waals surface area contributed by atoms with Gasteiger partial charge in [0.25, 0.3) is 0 Å². The molecule has 1 aliphatic carbocycles. The Balaban J connectivity index is 1.88. The topological polar surface area (TPSA) is 84.2 Å². The van der Waals surface area contributed by atoms with E-state index in [2.05, 4.69) is 10.6 Å². The van der Waals surface area contributed by atoms with Crippen LogP contribution in [0.5, 0.6) is 0 Å². The Morgan fingerprint density at radius 3 is 2.67 bits per heavy atom. The monoisotopic (exact) mass is 289 g/mol. The van der Waals surface area contributed by atoms with Crippen LogP contribution in [0.15, 0.2) is 24.3 Å². The lowest BCUT2D eigenvalue weighted by Gasteiger charge is -2.11. The maximum Gasteiger partial charge on any atom is 0.240 e. The van der Waals surface area contributed by atoms with Crippen molar-refractivity contribution >= 4 is 17.5 Å². The second-order valence-corrected chi connectivity index (χ2v) is 6.19. The summed E-state index contributed by atoms with van der Waals surface area (Å²) in [6, 6.07) is 7.49. The minimum Gasteiger partial charge on any atom is -0.350 e. The predicted molar refractivity (Wildman–Crippen MR) is 82.5 cm³/mol. The fraction of sp³-hybridized carbons (Fsp3) is 0.500. The lowest BCUT2D eigenvalue weighted by Crippen LogP contribution is -2.42. The van der Waals surface area contributed by atoms with E-state index in [9.17, 15) is 9.59 Å². The van der Waals surface area contributed by atoms with Crippen LogP contribution in [0.2, 0.25) is 0 Å². The lowest BCUT2D eigenvalue weighted by molar-refractivity contribution is -0.123. The molecule has 0 atom stereocenters. The van der Waals surface area contributed by atoms with Crippen LogP contribution in [0.1, 0.15) is 38.7 Å². The average molecular weight is 289 g/mol. The van der Waals surface area contributed by atoms with E-state index in [1.54, 1.807) is 0 Å². The molecule has 5 nitrogen and oxygen atoms in total. The van der Waals surface area contributed by atoms with Crippen molar-refractivity contribution in [1.82, 2.24) is 5.32 Å². The molecule has 21 heavy (non-hydrogen) atoms. The number of benzene rings is 1. The highest BCUT2D eigenvalue weighted by molar-refractivity contribution is 5.91. The van der Waals surface area contributed by atoms with Crippen molar-refractivity contribution in [3.8, 4) is 0 Å². The van der Waals surface area contributed by atoms with Crippen molar-refractivity contribution in [2.24, 2.45) is 11.7 Å². The molecule has 1 aromatic carbocycles. The van der Waals surface area contributed by atoms with Crippen molar-refractivity contribution < 1.29 is 9.59 Å². The summed E-state index contributed by atoms with van der Waals surface area (Å²) in [5.41, 5.74) is 6.87. The van der Waals surface area contributed by atoms with Gasteiger partial charge >= 0.3 is 0 Å². The molecule has 1 saturated carbocycles. The van der Waals surface area contributed by atoms with Crippen molar-refractivity contribution in [3.63, 3.8) is 0 Å². The Bertz CT molecular complexity index is 536. The zero-order chi connectivity index (χ0) is 15.5. The van der Waals surface area contributed by atoms with Crippen LogP contribution in [-0.2, 0) is 16.1 Å². The largest absolute Gasteiger partial charge is 0.350 e. The number of carbonyl (C=O) groups excluding carboxylic acids is 2. The molecule has 0 heterocycles. The third-order valence-electron chi connectivity index (χ3n) is 3.50. The van der Waals surface area contributed by atoms with Crippen LogP contribution in [0.4, 0.5) is 5.69 Å². The first-order valence-electron chi connectivity index (χ1n) is 7.35. The summed E-state index contributed by atoms with van der Waals surface area (Å²) in [6.45, 7) is 4.43. The van der Waals surface area contributed by atoms with E-state index in [1.807, 2.05) is 38.1 Å². The van der Waals surface area contributed by atoms with Gasteiger partial charge in [-0.2, -0.15) is 0 Å². The van der Waals surface area contributed by atoms with Gasteiger partial charge in [-0.1, -0.05) is 26.0 Å². The third kappa shape index (κ3) is 4.56. The molecule has 0 bridgehead atoms. The zero-order valence-corrected chi connectivity index (χ0v) is 12.6. The molecule has 2 amide bonds. The molecule has 0 spiro atoms. The van der Waals surface area contributed by atoms with Gasteiger partial charge < -0.3 is 16.4 Å². The third-order valence-corrected chi connectivity index (χ3v) is 3.50. The average Bonchev–Trinajstić information content (AvgIpc) is 3.14. The predicted octanol–water partition coefficient (Wildman–Crippen LogP) is 1.78. The molecule has 1 aliphatic rings. The molecule has 0 saturated heterocycles. The minimum atomic E-state index is -0.650. The molecule has 1 fully saturated rings. The first kappa shape index (κ1) is 15.5. The highest BCUT2D eigenvalue weighted by Crippen LogP contribution is 2.32. The smallest absolute Gasteiger partial charge is 0.240 e. The molecule has 0 aliphatic heterocycles. The number of amides is 2. The molecule has 5 heteroatoms. The van der Waals surface area contributed by atoms with E-state index >= 15 is 0 Å². The molecule has 0 radical (unpaired) electrons. The fourth-order valence-corrected chi connectivity index (χ4v) is 2.06. The minimum absolute atomic E-state index is 0.00470. The Kier molecular flexibility index (Phi) is 4.63. The number of nitrogens with two attached hydrogens (primary N) is 1. The summed E-state index contributed by atoms with van der Waals surface area (Å²) in [4.78, 5) is 23.5. The molecule has 114 valence electrons. The van der Waals surface area contributed by atoms with Crippen LogP contribution in [-0.4, -0.2) is 17.4 Å². The highest BCUT2D eigenvalue weighted by Gasteiger charge is 2.45. The van der Waals surface area contributed by atoms with Gasteiger partial charge in [-0.25, -0.2) is 0 Å². The van der Waals surface area contributed by atoms with Crippen LogP contribution in [0.25, 0.3) is 0 Å². The standard InChI is InChI=1S/C16H23N3O2/c1-11(2)8-14(20)19-13-5-3-4-12(9-13)10-18-15(21)16(17)6-7-16/h3-5,9,11H,6-8,10,17H2,1-2H3,(H,18,21)(H,19,20). The van der Waals surface area contributed by atoms with Gasteiger partial charge in [0.05, 0.1) is 5.54 Å². The fourth-order valence-electron chi connectivity index (χ4n) is 2.06. The zero-order valence-electron chi connectivity index (χ0n) is 12.6. The Morgan fingerprint density at radius 2 is 2.05 bits per heavy atom. The molecule has 0 aromatic heterocycles. The second kappa shape index (κ2) is 6.26. The van der Waals surface area contributed by atoms with Crippen LogP contribution in [0.3, 0.4) is 0 Å². The quantitative estimate of drug-likeness (QED) is 0.746. The van der Waals surface area contributed by atoms with E-state index in [1.165, 1.54) is 0 Å². The van der Waals surface area contributed by atoms with Crippen LogP contribution < -0.4 is 16.4 Å². The first-order valence-corrected chi connectivity index (χ1v) is 7.35. The van der Waals surface area contributed by atoms with E-state index < -0.39 is 5.54 Å². The number of hydrogen-bond acceptors (Lipinski definition) is 3. The van der Waals surface area contributed by atoms with Gasteiger partial charge in [-0.15, -0.1) is 0 Å². The van der Waals surface area contributed by atoms with E-state index in [0.29, 0.717) is 18.9 Å². The van der Waals surface area contributed by atoms with E-state index in [0.717, 1.165) is 24.1 Å². The van der Waals surface area contributed by atoms with Crippen LogP contribution >= 0.6 is 0 Å². The second-order valence-electron chi connectivity index (χ2n) is 6.19. The molecule has 2 rings (SSSR count). The number of nitrogens with one attached hydrogen (secondary N) is 2. The van der Waals surface area contributed by atoms with Crippen molar-refractivity contribution in [1.29, 1.82) is 0 Å². The summed E-state index contributed by atoms with van der Waals surface area (Å²) < 4.78 is 0. The van der Waals surface area contributed by atoms with E-state index in [4.69, 9.17) is 5.73 Å². The van der Waals surface area contributed by atoms with Gasteiger partial charge in [0.2, 0.25) is 11.8 Å². The van der Waals surface area contributed by atoms with Gasteiger partial charge in [0.15, 0.2) is 0 Å². The lowest BCUT2D eigenvalue weighted by atomic mass is 10.1. The van der Waals surface area contributed by atoms with Gasteiger partial charge in [0.1, 0.15) is 0 Å². The number of hydrogen-bond donors (Lipinski definition) is 3. The van der Waals surface area contributed by atoms with Gasteiger partial charge in [0, 0.05) is 18.7 Å². The van der Waals surface area contributed by atoms with Crippen molar-refractivity contribution in [3.05, 3.63) is 29.8 Å². The van der Waals surface area contributed by atoms with Gasteiger partial charge in [-0.05, 0) is 36.5 Å². The van der Waals surface area contributed by atoms with Crippen molar-refractivity contribution in [2.75, 3.05) is 5.32 Å². The number of carbonyl (C=O) groups is 2. The molecule has 1 aromatic rings. The summed E-state index contributed by atoms with van der Waals surface area (Å²) >= 11 is 0. The van der Waals surface area contributed by atoms with Crippen LogP contribution in [0, 0.1) is 5.92 Å². The summed E-state index contributed by atoms with van der Waals surface area (Å²) in [7, 11) is 0. The molecule has 0 unspecified atom stereocenters. The number of anilines is 1. The maximum absolute atomic E-state index is 11.8. The molecular formula is C16H23N3O2. The maximum atomic E-state index is 11.8. The SMILES string of the molecule is CC(C)CC(=O)Nc1cccc(CNC(=O)C2(N)CC2)c1.